The molecule has 1 heterocycles. The number of carbonyl (C=O) groups is 1. The lowest BCUT2D eigenvalue weighted by atomic mass is 10.0. The molecule has 0 fully saturated rings. The van der Waals surface area contributed by atoms with Crippen LogP contribution in [0.15, 0.2) is 65.2 Å². The maximum absolute atomic E-state index is 14.2. The fraction of sp³-hybridized carbons (Fsp3) is 0.185. The highest BCUT2D eigenvalue weighted by Crippen LogP contribution is 2.44. The number of esters is 1. The van der Waals surface area contributed by atoms with Crippen molar-refractivity contribution in [1.29, 1.82) is 0 Å². The Morgan fingerprint density at radius 2 is 1.86 bits per heavy atom. The molecule has 0 spiro atoms. The highest BCUT2D eigenvalue weighted by Gasteiger charge is 2.26. The van der Waals surface area contributed by atoms with Gasteiger partial charge in [-0.15, -0.1) is 10.1 Å². The van der Waals surface area contributed by atoms with Gasteiger partial charge in [0.2, 0.25) is 0 Å². The normalized spacial score (nSPS) is 14.4. The van der Waals surface area contributed by atoms with Crippen LogP contribution >= 0.6 is 0 Å². The number of rotatable bonds is 8. The molecule has 0 saturated heterocycles. The molecule has 1 atom stereocenters. The van der Waals surface area contributed by atoms with E-state index in [4.69, 9.17) is 4.74 Å². The minimum Gasteiger partial charge on any atom is -0.424 e. The number of fused-ring (bicyclic) bond motifs is 1. The van der Waals surface area contributed by atoms with Crippen LogP contribution in [0.25, 0.3) is 17.2 Å². The van der Waals surface area contributed by atoms with Crippen LogP contribution in [0.4, 0.5) is 4.39 Å². The molecule has 1 aliphatic rings. The first-order valence-corrected chi connectivity index (χ1v) is 12.8. The summed E-state index contributed by atoms with van der Waals surface area (Å²) in [4.78, 5) is 32.6. The Balaban J connectivity index is 1.62. The minimum absolute atomic E-state index is 0.123. The first-order valence-electron chi connectivity index (χ1n) is 11.2. The maximum Gasteiger partial charge on any atom is 0.315 e. The Hall–Kier alpha value is -4.18. The van der Waals surface area contributed by atoms with Crippen molar-refractivity contribution in [2.45, 2.75) is 31.8 Å². The van der Waals surface area contributed by atoms with E-state index in [1.807, 2.05) is 25.1 Å². The van der Waals surface area contributed by atoms with Crippen LogP contribution in [0.1, 0.15) is 41.3 Å². The van der Waals surface area contributed by atoms with E-state index >= 15 is 0 Å². The van der Waals surface area contributed by atoms with Gasteiger partial charge in [0.1, 0.15) is 12.4 Å². The van der Waals surface area contributed by atoms with Crippen molar-refractivity contribution in [2.75, 3.05) is 6.26 Å². The summed E-state index contributed by atoms with van der Waals surface area (Å²) in [5.41, 5.74) is 5.37. The molecule has 0 saturated carbocycles. The predicted octanol–water partition coefficient (Wildman–Crippen LogP) is 5.30. The summed E-state index contributed by atoms with van der Waals surface area (Å²) in [5.74, 6) is -0.848. The number of benzene rings is 2. The fourth-order valence-electron chi connectivity index (χ4n) is 4.07. The number of aryl methyl sites for hydroxylation is 1. The third-order valence-corrected chi connectivity index (χ3v) is 6.89. The summed E-state index contributed by atoms with van der Waals surface area (Å²) in [6, 6.07) is 13.2. The van der Waals surface area contributed by atoms with E-state index in [9.17, 15) is 23.5 Å². The number of carbonyl (C=O) groups excluding carboxylic acids is 1. The highest BCUT2D eigenvalue weighted by molar-refractivity contribution is 7.84. The molecule has 0 bridgehead atoms. The average molecular weight is 523 g/mol. The van der Waals surface area contributed by atoms with Gasteiger partial charge < -0.3 is 9.57 Å². The number of hydrogen-bond donors (Lipinski definition) is 0. The smallest absolute Gasteiger partial charge is 0.315 e. The molecule has 37 heavy (non-hydrogen) atoms. The van der Waals surface area contributed by atoms with Crippen molar-refractivity contribution >= 4 is 34.0 Å². The minimum atomic E-state index is -1.09. The first kappa shape index (κ1) is 25.9. The summed E-state index contributed by atoms with van der Waals surface area (Å²) in [5, 5.41) is 9.55. The summed E-state index contributed by atoms with van der Waals surface area (Å²) < 4.78 is 31.4. The van der Waals surface area contributed by atoms with Crippen LogP contribution in [-0.2, 0) is 27.0 Å². The number of hydrogen-bond acceptors (Lipinski definition) is 7. The SMILES string of the molecule is CC1=C(CC(=O)Oc2cc(CO[N+](=O)[O-])cnc2C)c2cc(F)ccc2C1=Cc1ccc(S(C)=O)cc1. The van der Waals surface area contributed by atoms with Gasteiger partial charge in [-0.05, 0) is 89.2 Å². The third kappa shape index (κ3) is 5.97. The van der Waals surface area contributed by atoms with Gasteiger partial charge in [-0.2, -0.15) is 0 Å². The topological polar surface area (TPSA) is 109 Å². The van der Waals surface area contributed by atoms with Crippen molar-refractivity contribution in [3.8, 4) is 5.75 Å². The van der Waals surface area contributed by atoms with E-state index < -0.39 is 27.7 Å². The summed E-state index contributed by atoms with van der Waals surface area (Å²) >= 11 is 0. The second-order valence-corrected chi connectivity index (χ2v) is 9.83. The van der Waals surface area contributed by atoms with Crippen molar-refractivity contribution in [3.05, 3.63) is 104 Å². The maximum atomic E-state index is 14.2. The second-order valence-electron chi connectivity index (χ2n) is 8.45. The van der Waals surface area contributed by atoms with E-state index in [1.165, 1.54) is 24.4 Å². The molecule has 190 valence electrons. The number of nitrogens with zero attached hydrogens (tertiary/aromatic N) is 2. The molecular formula is C27H23FN2O6S. The molecule has 0 radical (unpaired) electrons. The molecule has 0 amide bonds. The zero-order chi connectivity index (χ0) is 26.7. The fourth-order valence-corrected chi connectivity index (χ4v) is 4.59. The molecule has 1 aromatic heterocycles. The molecule has 1 aliphatic carbocycles. The van der Waals surface area contributed by atoms with E-state index in [-0.39, 0.29) is 18.8 Å². The summed E-state index contributed by atoms with van der Waals surface area (Å²) in [6.45, 7) is 3.18. The zero-order valence-electron chi connectivity index (χ0n) is 20.3. The van der Waals surface area contributed by atoms with Crippen molar-refractivity contribution in [2.24, 2.45) is 0 Å². The Morgan fingerprint density at radius 3 is 2.54 bits per heavy atom. The van der Waals surface area contributed by atoms with Crippen LogP contribution in [0.2, 0.25) is 0 Å². The van der Waals surface area contributed by atoms with Crippen LogP contribution in [0, 0.1) is 22.9 Å². The molecule has 2 aromatic carbocycles. The monoisotopic (exact) mass is 522 g/mol. The van der Waals surface area contributed by atoms with E-state index in [1.54, 1.807) is 31.4 Å². The van der Waals surface area contributed by atoms with Gasteiger partial charge in [0.25, 0.3) is 5.09 Å². The number of halogens is 1. The van der Waals surface area contributed by atoms with Gasteiger partial charge in [-0.25, -0.2) is 4.39 Å². The van der Waals surface area contributed by atoms with Gasteiger partial charge in [0, 0.05) is 28.1 Å². The lowest BCUT2D eigenvalue weighted by molar-refractivity contribution is -0.763. The van der Waals surface area contributed by atoms with Crippen LogP contribution in [0.5, 0.6) is 5.75 Å². The number of ether oxygens (including phenoxy) is 1. The van der Waals surface area contributed by atoms with E-state index in [2.05, 4.69) is 9.82 Å². The predicted molar refractivity (Wildman–Crippen MR) is 137 cm³/mol. The molecular weight excluding hydrogens is 499 g/mol. The van der Waals surface area contributed by atoms with Gasteiger partial charge in [-0.3, -0.25) is 14.0 Å². The Kier molecular flexibility index (Phi) is 7.58. The Labute approximate surface area is 215 Å². The molecule has 4 rings (SSSR count). The van der Waals surface area contributed by atoms with E-state index in [0.717, 1.165) is 22.3 Å². The molecule has 3 aromatic rings. The number of aromatic nitrogens is 1. The molecule has 10 heteroatoms. The van der Waals surface area contributed by atoms with Crippen molar-refractivity contribution in [1.82, 2.24) is 4.98 Å². The summed E-state index contributed by atoms with van der Waals surface area (Å²) in [6.07, 6.45) is 4.84. The van der Waals surface area contributed by atoms with Gasteiger partial charge >= 0.3 is 5.97 Å². The highest BCUT2D eigenvalue weighted by atomic mass is 32.2. The second kappa shape index (κ2) is 10.8. The quantitative estimate of drug-likeness (QED) is 0.224. The molecule has 8 nitrogen and oxygen atoms in total. The van der Waals surface area contributed by atoms with Gasteiger partial charge in [0.15, 0.2) is 5.75 Å². The lowest BCUT2D eigenvalue weighted by Gasteiger charge is -2.10. The van der Waals surface area contributed by atoms with Crippen LogP contribution < -0.4 is 4.74 Å². The number of pyridine rings is 1. The molecule has 0 N–H and O–H groups in total. The first-order chi connectivity index (χ1) is 17.6. The molecule has 0 aliphatic heterocycles. The average Bonchev–Trinajstić information content (AvgIpc) is 3.09. The Bertz CT molecular complexity index is 1480. The third-order valence-electron chi connectivity index (χ3n) is 5.96. The summed E-state index contributed by atoms with van der Waals surface area (Å²) in [7, 11) is -1.09. The van der Waals surface area contributed by atoms with Crippen LogP contribution in [0.3, 0.4) is 0 Å². The number of allylic oxidation sites excluding steroid dienone is 2. The van der Waals surface area contributed by atoms with Crippen LogP contribution in [-0.4, -0.2) is 26.5 Å². The lowest BCUT2D eigenvalue weighted by Crippen LogP contribution is -2.11. The zero-order valence-corrected chi connectivity index (χ0v) is 21.1. The Morgan fingerprint density at radius 1 is 1.14 bits per heavy atom. The largest absolute Gasteiger partial charge is 0.424 e. The standard InChI is InChI=1S/C27H23FN2O6S/c1-16-23(10-18-4-7-21(8-5-18)37(3)34)22-9-6-20(28)12-25(22)24(16)13-27(31)36-26-11-19(14-29-17(26)2)15-35-30(32)33/h4-12,14H,13,15H2,1-3H3. The van der Waals surface area contributed by atoms with Gasteiger partial charge in [-0.1, -0.05) is 18.2 Å². The van der Waals surface area contributed by atoms with E-state index in [0.29, 0.717) is 27.3 Å². The van der Waals surface area contributed by atoms with Crippen molar-refractivity contribution in [3.63, 3.8) is 0 Å². The van der Waals surface area contributed by atoms with Crippen molar-refractivity contribution < 1.29 is 28.1 Å². The van der Waals surface area contributed by atoms with Gasteiger partial charge in [0.05, 0.1) is 12.1 Å². The molecule has 1 unspecified atom stereocenters.